The van der Waals surface area contributed by atoms with E-state index in [0.717, 1.165) is 9.75 Å². The van der Waals surface area contributed by atoms with Gasteiger partial charge in [-0.25, -0.2) is 0 Å². The Morgan fingerprint density at radius 3 is 2.92 bits per heavy atom. The molecule has 1 N–H and O–H groups in total. The van der Waals surface area contributed by atoms with E-state index in [2.05, 4.69) is 0 Å². The van der Waals surface area contributed by atoms with Crippen LogP contribution in [0.15, 0.2) is 18.2 Å². The highest BCUT2D eigenvalue weighted by Gasteiger charge is 2.00. The Labute approximate surface area is 75.2 Å². The number of aliphatic hydroxyl groups excluding tert-OH is 1. The van der Waals surface area contributed by atoms with E-state index in [1.807, 2.05) is 6.07 Å². The Bertz CT molecular complexity index is 299. The summed E-state index contributed by atoms with van der Waals surface area (Å²) in [5.41, 5.74) is 0. The van der Waals surface area contributed by atoms with Crippen LogP contribution in [0.5, 0.6) is 0 Å². The van der Waals surface area contributed by atoms with Gasteiger partial charge in [0.1, 0.15) is 0 Å². The zero-order chi connectivity index (χ0) is 8.97. The maximum absolute atomic E-state index is 10.9. The van der Waals surface area contributed by atoms with E-state index in [0.29, 0.717) is 0 Å². The minimum Gasteiger partial charge on any atom is -0.392 e. The molecule has 0 spiro atoms. The number of rotatable bonds is 3. The number of thiophene rings is 1. The Kier molecular flexibility index (Phi) is 3.19. The predicted octanol–water partition coefficient (Wildman–Crippen LogP) is 1.96. The second-order valence-electron chi connectivity index (χ2n) is 2.34. The lowest BCUT2D eigenvalue weighted by molar-refractivity contribution is 0.102. The van der Waals surface area contributed by atoms with E-state index < -0.39 is 0 Å². The van der Waals surface area contributed by atoms with Gasteiger partial charge in [-0.3, -0.25) is 4.79 Å². The topological polar surface area (TPSA) is 37.3 Å². The van der Waals surface area contributed by atoms with Crippen molar-refractivity contribution in [1.82, 2.24) is 0 Å². The van der Waals surface area contributed by atoms with Gasteiger partial charge >= 0.3 is 0 Å². The van der Waals surface area contributed by atoms with Crippen molar-refractivity contribution < 1.29 is 9.90 Å². The zero-order valence-electron chi connectivity index (χ0n) is 6.78. The van der Waals surface area contributed by atoms with Gasteiger partial charge in [-0.2, -0.15) is 0 Å². The fourth-order valence-electron chi connectivity index (χ4n) is 0.800. The molecule has 1 rings (SSSR count). The molecule has 64 valence electrons. The largest absolute Gasteiger partial charge is 0.392 e. The van der Waals surface area contributed by atoms with Crippen LogP contribution in [-0.4, -0.2) is 17.5 Å². The summed E-state index contributed by atoms with van der Waals surface area (Å²) in [7, 11) is 0. The number of Topliss-reactive ketones (excluding diaryl/α,β-unsaturated/α-hetero) is 1. The maximum Gasteiger partial charge on any atom is 0.169 e. The standard InChI is InChI=1S/C9H10O2S/c1-7(11)9-5-4-8(12-9)3-2-6-10/h2-5,10H,6H2,1H3. The summed E-state index contributed by atoms with van der Waals surface area (Å²) >= 11 is 1.43. The van der Waals surface area contributed by atoms with Crippen molar-refractivity contribution in [3.05, 3.63) is 28.0 Å². The summed E-state index contributed by atoms with van der Waals surface area (Å²) in [5.74, 6) is 0.0867. The number of ketones is 1. The molecule has 0 radical (unpaired) electrons. The molecule has 0 atom stereocenters. The average molecular weight is 182 g/mol. The van der Waals surface area contributed by atoms with Crippen LogP contribution in [0.4, 0.5) is 0 Å². The third-order valence-corrected chi connectivity index (χ3v) is 2.51. The molecule has 1 aromatic rings. The number of hydrogen-bond donors (Lipinski definition) is 1. The van der Waals surface area contributed by atoms with Crippen molar-refractivity contribution in [2.45, 2.75) is 6.92 Å². The lowest BCUT2D eigenvalue weighted by atomic mass is 10.3. The molecule has 1 heterocycles. The first-order valence-corrected chi connectivity index (χ1v) is 4.44. The van der Waals surface area contributed by atoms with Gasteiger partial charge in [0, 0.05) is 4.88 Å². The summed E-state index contributed by atoms with van der Waals surface area (Å²) in [6.07, 6.45) is 3.45. The first-order valence-electron chi connectivity index (χ1n) is 3.62. The maximum atomic E-state index is 10.9. The second kappa shape index (κ2) is 4.18. The normalized spacial score (nSPS) is 10.8. The van der Waals surface area contributed by atoms with Crippen LogP contribution in [0.3, 0.4) is 0 Å². The fraction of sp³-hybridized carbons (Fsp3) is 0.222. The van der Waals surface area contributed by atoms with Gasteiger partial charge in [-0.05, 0) is 25.1 Å². The molecule has 0 aliphatic heterocycles. The smallest absolute Gasteiger partial charge is 0.169 e. The lowest BCUT2D eigenvalue weighted by Crippen LogP contribution is -1.83. The van der Waals surface area contributed by atoms with E-state index in [1.54, 1.807) is 25.1 Å². The molecule has 0 aliphatic rings. The van der Waals surface area contributed by atoms with Crippen LogP contribution in [0, 0.1) is 0 Å². The van der Waals surface area contributed by atoms with E-state index in [1.165, 1.54) is 11.3 Å². The number of carbonyl (C=O) groups excluding carboxylic acids is 1. The molecular formula is C9H10O2S. The molecule has 3 heteroatoms. The van der Waals surface area contributed by atoms with Crippen LogP contribution in [0.1, 0.15) is 21.5 Å². The first-order chi connectivity index (χ1) is 5.74. The molecule has 0 saturated heterocycles. The van der Waals surface area contributed by atoms with Gasteiger partial charge in [-0.15, -0.1) is 11.3 Å². The quantitative estimate of drug-likeness (QED) is 0.725. The molecule has 12 heavy (non-hydrogen) atoms. The molecule has 0 unspecified atom stereocenters. The molecule has 2 nitrogen and oxygen atoms in total. The summed E-state index contributed by atoms with van der Waals surface area (Å²) < 4.78 is 0. The van der Waals surface area contributed by atoms with Crippen molar-refractivity contribution in [3.63, 3.8) is 0 Å². The Morgan fingerprint density at radius 1 is 1.67 bits per heavy atom. The third-order valence-electron chi connectivity index (χ3n) is 1.36. The molecule has 0 amide bonds. The molecule has 0 aliphatic carbocycles. The van der Waals surface area contributed by atoms with Gasteiger partial charge in [-0.1, -0.05) is 6.08 Å². The van der Waals surface area contributed by atoms with Crippen molar-refractivity contribution in [3.8, 4) is 0 Å². The molecule has 0 fully saturated rings. The van der Waals surface area contributed by atoms with E-state index >= 15 is 0 Å². The van der Waals surface area contributed by atoms with Crippen molar-refractivity contribution in [1.29, 1.82) is 0 Å². The van der Waals surface area contributed by atoms with Crippen LogP contribution >= 0.6 is 11.3 Å². The highest BCUT2D eigenvalue weighted by atomic mass is 32.1. The van der Waals surface area contributed by atoms with E-state index in [9.17, 15) is 4.79 Å². The van der Waals surface area contributed by atoms with Gasteiger partial charge in [0.05, 0.1) is 11.5 Å². The van der Waals surface area contributed by atoms with Gasteiger partial charge in [0.15, 0.2) is 5.78 Å². The second-order valence-corrected chi connectivity index (χ2v) is 3.46. The predicted molar refractivity (Wildman–Crippen MR) is 50.4 cm³/mol. The van der Waals surface area contributed by atoms with Crippen LogP contribution in [-0.2, 0) is 0 Å². The Morgan fingerprint density at radius 2 is 2.42 bits per heavy atom. The molecule has 0 aromatic carbocycles. The fourth-order valence-corrected chi connectivity index (χ4v) is 1.63. The van der Waals surface area contributed by atoms with Crippen molar-refractivity contribution in [2.24, 2.45) is 0 Å². The highest BCUT2D eigenvalue weighted by molar-refractivity contribution is 7.14. The Hall–Kier alpha value is -0.930. The van der Waals surface area contributed by atoms with E-state index in [4.69, 9.17) is 5.11 Å². The summed E-state index contributed by atoms with van der Waals surface area (Å²) in [6, 6.07) is 3.66. The SMILES string of the molecule is CC(=O)c1ccc(C=CCO)s1. The lowest BCUT2D eigenvalue weighted by Gasteiger charge is -1.83. The summed E-state index contributed by atoms with van der Waals surface area (Å²) in [5, 5.41) is 8.49. The van der Waals surface area contributed by atoms with Gasteiger partial charge in [0.2, 0.25) is 0 Å². The number of aliphatic hydroxyl groups is 1. The number of carbonyl (C=O) groups is 1. The zero-order valence-corrected chi connectivity index (χ0v) is 7.60. The van der Waals surface area contributed by atoms with E-state index in [-0.39, 0.29) is 12.4 Å². The summed E-state index contributed by atoms with van der Waals surface area (Å²) in [6.45, 7) is 1.58. The monoisotopic (exact) mass is 182 g/mol. The van der Waals surface area contributed by atoms with Gasteiger partial charge < -0.3 is 5.11 Å². The summed E-state index contributed by atoms with van der Waals surface area (Å²) in [4.78, 5) is 12.6. The molecule has 0 bridgehead atoms. The van der Waals surface area contributed by atoms with Gasteiger partial charge in [0.25, 0.3) is 0 Å². The third kappa shape index (κ3) is 2.29. The van der Waals surface area contributed by atoms with Crippen molar-refractivity contribution in [2.75, 3.05) is 6.61 Å². The highest BCUT2D eigenvalue weighted by Crippen LogP contribution is 2.17. The minimum absolute atomic E-state index is 0.0350. The van der Waals surface area contributed by atoms with Crippen LogP contribution in [0.25, 0.3) is 6.08 Å². The molecule has 0 saturated carbocycles. The first kappa shape index (κ1) is 9.16. The minimum atomic E-state index is 0.0350. The Balaban J connectivity index is 2.77. The number of hydrogen-bond acceptors (Lipinski definition) is 3. The molecule has 1 aromatic heterocycles. The van der Waals surface area contributed by atoms with Crippen molar-refractivity contribution >= 4 is 23.2 Å². The average Bonchev–Trinajstić information content (AvgIpc) is 2.48. The molecular weight excluding hydrogens is 172 g/mol. The van der Waals surface area contributed by atoms with Crippen LogP contribution in [0.2, 0.25) is 0 Å². The van der Waals surface area contributed by atoms with Crippen LogP contribution < -0.4 is 0 Å².